The highest BCUT2D eigenvalue weighted by Gasteiger charge is 2.17. The van der Waals surface area contributed by atoms with Crippen LogP contribution in [0, 0.1) is 0 Å². The van der Waals surface area contributed by atoms with Crippen molar-refractivity contribution >= 4 is 23.3 Å². The van der Waals surface area contributed by atoms with Crippen LogP contribution in [0.3, 0.4) is 0 Å². The first kappa shape index (κ1) is 14.4. The highest BCUT2D eigenvalue weighted by molar-refractivity contribution is 6.30. The van der Waals surface area contributed by atoms with Crippen molar-refractivity contribution < 1.29 is 9.90 Å². The lowest BCUT2D eigenvalue weighted by Crippen LogP contribution is -2.23. The summed E-state index contributed by atoms with van der Waals surface area (Å²) in [4.78, 5) is 13.2. The second-order valence-electron chi connectivity index (χ2n) is 4.66. The number of carboxylic acids is 1. The third kappa shape index (κ3) is 2.94. The molecule has 0 spiro atoms. The summed E-state index contributed by atoms with van der Waals surface area (Å²) < 4.78 is 0. The minimum absolute atomic E-state index is 0.0489. The Kier molecular flexibility index (Phi) is 4.30. The third-order valence-corrected chi connectivity index (χ3v) is 3.70. The Morgan fingerprint density at radius 3 is 2.35 bits per heavy atom. The van der Waals surface area contributed by atoms with Gasteiger partial charge in [-0.25, -0.2) is 4.79 Å². The topological polar surface area (TPSA) is 40.5 Å². The van der Waals surface area contributed by atoms with Crippen LogP contribution >= 0.6 is 11.6 Å². The van der Waals surface area contributed by atoms with Crippen molar-refractivity contribution in [3.8, 4) is 0 Å². The third-order valence-electron chi connectivity index (χ3n) is 3.45. The molecular formula is C16H16ClNO2. The molecule has 0 amide bonds. The van der Waals surface area contributed by atoms with Gasteiger partial charge in [-0.15, -0.1) is 0 Å². The smallest absolute Gasteiger partial charge is 0.337 e. The largest absolute Gasteiger partial charge is 0.478 e. The number of halogens is 1. The molecule has 0 fully saturated rings. The molecule has 2 aromatic carbocycles. The van der Waals surface area contributed by atoms with Crippen molar-refractivity contribution in [2.45, 2.75) is 13.0 Å². The van der Waals surface area contributed by atoms with E-state index in [4.69, 9.17) is 11.6 Å². The summed E-state index contributed by atoms with van der Waals surface area (Å²) in [5.74, 6) is -0.921. The molecule has 0 saturated heterocycles. The molecule has 2 aromatic rings. The van der Waals surface area contributed by atoms with Crippen LogP contribution in [-0.2, 0) is 0 Å². The van der Waals surface area contributed by atoms with Crippen molar-refractivity contribution in [1.82, 2.24) is 0 Å². The van der Waals surface area contributed by atoms with Crippen LogP contribution < -0.4 is 4.90 Å². The average molecular weight is 290 g/mol. The van der Waals surface area contributed by atoms with Crippen LogP contribution in [0.2, 0.25) is 5.02 Å². The van der Waals surface area contributed by atoms with Gasteiger partial charge >= 0.3 is 5.97 Å². The molecule has 0 radical (unpaired) electrons. The first-order valence-corrected chi connectivity index (χ1v) is 6.69. The standard InChI is InChI=1S/C16H16ClNO2/c1-11(12-7-9-13(17)10-8-12)18(2)15-6-4-3-5-14(15)16(19)20/h3-11H,1-2H3,(H,19,20). The molecule has 3 nitrogen and oxygen atoms in total. The van der Waals surface area contributed by atoms with Gasteiger partial charge in [-0.1, -0.05) is 35.9 Å². The Morgan fingerprint density at radius 2 is 1.75 bits per heavy atom. The number of benzene rings is 2. The number of carbonyl (C=O) groups is 1. The number of hydrogen-bond acceptors (Lipinski definition) is 2. The molecule has 1 atom stereocenters. The summed E-state index contributed by atoms with van der Waals surface area (Å²) in [5.41, 5.74) is 2.08. The molecule has 4 heteroatoms. The lowest BCUT2D eigenvalue weighted by atomic mass is 10.1. The Morgan fingerprint density at radius 1 is 1.15 bits per heavy atom. The van der Waals surface area contributed by atoms with Crippen molar-refractivity contribution in [1.29, 1.82) is 0 Å². The lowest BCUT2D eigenvalue weighted by molar-refractivity contribution is 0.0697. The fraction of sp³-hybridized carbons (Fsp3) is 0.188. The molecule has 1 unspecified atom stereocenters. The highest BCUT2D eigenvalue weighted by Crippen LogP contribution is 2.28. The number of carboxylic acid groups (broad SMARTS) is 1. The van der Waals surface area contributed by atoms with Crippen molar-refractivity contribution in [2.24, 2.45) is 0 Å². The molecule has 1 N–H and O–H groups in total. The van der Waals surface area contributed by atoms with Crippen molar-refractivity contribution in [3.05, 3.63) is 64.7 Å². The van der Waals surface area contributed by atoms with Gasteiger partial charge in [0.25, 0.3) is 0 Å². The van der Waals surface area contributed by atoms with Crippen LogP contribution in [0.4, 0.5) is 5.69 Å². The van der Waals surface area contributed by atoms with Crippen LogP contribution in [-0.4, -0.2) is 18.1 Å². The van der Waals surface area contributed by atoms with E-state index >= 15 is 0 Å². The Bertz CT molecular complexity index is 610. The summed E-state index contributed by atoms with van der Waals surface area (Å²) in [5, 5.41) is 9.95. The molecule has 0 aliphatic rings. The number of rotatable bonds is 4. The normalized spacial score (nSPS) is 11.9. The monoisotopic (exact) mass is 289 g/mol. The predicted octanol–water partition coefficient (Wildman–Crippen LogP) is 4.24. The zero-order valence-electron chi connectivity index (χ0n) is 11.4. The molecule has 0 aromatic heterocycles. The molecular weight excluding hydrogens is 274 g/mol. The number of hydrogen-bond donors (Lipinski definition) is 1. The van der Waals surface area contributed by atoms with Gasteiger partial charge in [-0.3, -0.25) is 0 Å². The van der Waals surface area contributed by atoms with Gasteiger partial charge in [0, 0.05) is 12.1 Å². The van der Waals surface area contributed by atoms with Gasteiger partial charge in [-0.2, -0.15) is 0 Å². The molecule has 0 aliphatic heterocycles. The maximum atomic E-state index is 11.3. The van der Waals surface area contributed by atoms with E-state index in [1.54, 1.807) is 12.1 Å². The van der Waals surface area contributed by atoms with Gasteiger partial charge in [0.15, 0.2) is 0 Å². The Labute approximate surface area is 123 Å². The van der Waals surface area contributed by atoms with E-state index in [1.807, 2.05) is 55.3 Å². The van der Waals surface area contributed by atoms with Crippen LogP contribution in [0.5, 0.6) is 0 Å². The van der Waals surface area contributed by atoms with Crippen LogP contribution in [0.25, 0.3) is 0 Å². The quantitative estimate of drug-likeness (QED) is 0.915. The van der Waals surface area contributed by atoms with E-state index in [2.05, 4.69) is 0 Å². The zero-order valence-corrected chi connectivity index (χ0v) is 12.1. The summed E-state index contributed by atoms with van der Waals surface area (Å²) >= 11 is 5.89. The number of anilines is 1. The van der Waals surface area contributed by atoms with Crippen molar-refractivity contribution in [3.63, 3.8) is 0 Å². The van der Waals surface area contributed by atoms with E-state index in [9.17, 15) is 9.90 Å². The predicted molar refractivity (Wildman–Crippen MR) is 81.7 cm³/mol. The summed E-state index contributed by atoms with van der Waals surface area (Å²) in [6, 6.07) is 14.6. The van der Waals surface area contributed by atoms with Gasteiger partial charge in [0.05, 0.1) is 17.3 Å². The van der Waals surface area contributed by atoms with Gasteiger partial charge in [-0.05, 0) is 36.8 Å². The van der Waals surface area contributed by atoms with E-state index in [0.717, 1.165) is 5.56 Å². The fourth-order valence-electron chi connectivity index (χ4n) is 2.14. The van der Waals surface area contributed by atoms with E-state index in [1.165, 1.54) is 0 Å². The fourth-order valence-corrected chi connectivity index (χ4v) is 2.26. The van der Waals surface area contributed by atoms with Crippen molar-refractivity contribution in [2.75, 3.05) is 11.9 Å². The number of aromatic carboxylic acids is 1. The summed E-state index contributed by atoms with van der Waals surface area (Å²) in [7, 11) is 1.89. The SMILES string of the molecule is CC(c1ccc(Cl)cc1)N(C)c1ccccc1C(=O)O. The Hall–Kier alpha value is -2.00. The lowest BCUT2D eigenvalue weighted by Gasteiger charge is -2.28. The minimum atomic E-state index is -0.921. The van der Waals surface area contributed by atoms with Gasteiger partial charge in [0.1, 0.15) is 0 Å². The molecule has 0 heterocycles. The van der Waals surface area contributed by atoms with Gasteiger partial charge < -0.3 is 10.0 Å². The van der Waals surface area contributed by atoms with E-state index in [0.29, 0.717) is 16.3 Å². The maximum Gasteiger partial charge on any atom is 0.337 e. The highest BCUT2D eigenvalue weighted by atomic mass is 35.5. The number of para-hydroxylation sites is 1. The summed E-state index contributed by atoms with van der Waals surface area (Å²) in [6.07, 6.45) is 0. The molecule has 104 valence electrons. The maximum absolute atomic E-state index is 11.3. The summed E-state index contributed by atoms with van der Waals surface area (Å²) in [6.45, 7) is 2.03. The second kappa shape index (κ2) is 5.97. The van der Waals surface area contributed by atoms with Crippen LogP contribution in [0.1, 0.15) is 28.9 Å². The Balaban J connectivity index is 2.33. The minimum Gasteiger partial charge on any atom is -0.478 e. The van der Waals surface area contributed by atoms with E-state index in [-0.39, 0.29) is 6.04 Å². The van der Waals surface area contributed by atoms with E-state index < -0.39 is 5.97 Å². The molecule has 0 aliphatic carbocycles. The molecule has 20 heavy (non-hydrogen) atoms. The first-order valence-electron chi connectivity index (χ1n) is 6.31. The molecule has 2 rings (SSSR count). The second-order valence-corrected chi connectivity index (χ2v) is 5.10. The average Bonchev–Trinajstić information content (AvgIpc) is 2.46. The first-order chi connectivity index (χ1) is 9.50. The van der Waals surface area contributed by atoms with Crippen LogP contribution in [0.15, 0.2) is 48.5 Å². The van der Waals surface area contributed by atoms with Gasteiger partial charge in [0.2, 0.25) is 0 Å². The number of nitrogens with zero attached hydrogens (tertiary/aromatic N) is 1. The molecule has 0 bridgehead atoms. The molecule has 0 saturated carbocycles. The zero-order chi connectivity index (χ0) is 14.7.